The van der Waals surface area contributed by atoms with E-state index < -0.39 is 0 Å². The molecule has 0 saturated carbocycles. The molecule has 4 nitrogen and oxygen atoms in total. The van der Waals surface area contributed by atoms with E-state index in [1.807, 2.05) is 20.8 Å². The zero-order chi connectivity index (χ0) is 12.2. The van der Waals surface area contributed by atoms with Crippen LogP contribution in [0.25, 0.3) is 0 Å². The summed E-state index contributed by atoms with van der Waals surface area (Å²) >= 11 is 0. The van der Waals surface area contributed by atoms with Crippen LogP contribution in [0, 0.1) is 13.8 Å². The third-order valence-corrected chi connectivity index (χ3v) is 2.29. The van der Waals surface area contributed by atoms with Crippen molar-refractivity contribution in [2.45, 2.75) is 40.2 Å². The fourth-order valence-corrected chi connectivity index (χ4v) is 1.44. The fourth-order valence-electron chi connectivity index (χ4n) is 1.44. The Balaban J connectivity index is 2.63. The van der Waals surface area contributed by atoms with E-state index in [-0.39, 0.29) is 5.60 Å². The van der Waals surface area contributed by atoms with Crippen LogP contribution < -0.4 is 5.32 Å². The first kappa shape index (κ1) is 12.9. The standard InChI is InChI=1S/C12H21N3O/c1-6-16-12(4,5)8-14-11-10(3)13-7-9(2)15-11/h7H,6,8H2,1-5H3,(H,14,15). The monoisotopic (exact) mass is 223 g/mol. The first-order chi connectivity index (χ1) is 7.44. The quantitative estimate of drug-likeness (QED) is 0.832. The van der Waals surface area contributed by atoms with Crippen molar-refractivity contribution in [3.8, 4) is 0 Å². The topological polar surface area (TPSA) is 47.0 Å². The van der Waals surface area contributed by atoms with E-state index >= 15 is 0 Å². The van der Waals surface area contributed by atoms with Gasteiger partial charge in [-0.3, -0.25) is 4.98 Å². The Morgan fingerprint density at radius 1 is 1.38 bits per heavy atom. The van der Waals surface area contributed by atoms with Gasteiger partial charge in [0.05, 0.1) is 17.0 Å². The number of nitrogens with zero attached hydrogens (tertiary/aromatic N) is 2. The summed E-state index contributed by atoms with van der Waals surface area (Å²) in [6.45, 7) is 11.4. The normalized spacial score (nSPS) is 11.6. The van der Waals surface area contributed by atoms with Crippen molar-refractivity contribution in [2.24, 2.45) is 0 Å². The minimum atomic E-state index is -0.188. The Morgan fingerprint density at radius 3 is 2.69 bits per heavy atom. The minimum absolute atomic E-state index is 0.188. The van der Waals surface area contributed by atoms with Crippen LogP contribution in [0.2, 0.25) is 0 Å². The van der Waals surface area contributed by atoms with Crippen molar-refractivity contribution in [1.82, 2.24) is 9.97 Å². The molecule has 1 N–H and O–H groups in total. The van der Waals surface area contributed by atoms with Crippen LogP contribution >= 0.6 is 0 Å². The molecule has 0 bridgehead atoms. The van der Waals surface area contributed by atoms with Crippen LogP contribution in [0.5, 0.6) is 0 Å². The van der Waals surface area contributed by atoms with E-state index in [4.69, 9.17) is 4.74 Å². The van der Waals surface area contributed by atoms with Gasteiger partial charge in [-0.1, -0.05) is 0 Å². The number of hydrogen-bond acceptors (Lipinski definition) is 4. The highest BCUT2D eigenvalue weighted by atomic mass is 16.5. The SMILES string of the molecule is CCOC(C)(C)CNc1nc(C)cnc1C. The molecule has 0 amide bonds. The van der Waals surface area contributed by atoms with Gasteiger partial charge in [-0.05, 0) is 34.6 Å². The zero-order valence-electron chi connectivity index (χ0n) is 10.8. The summed E-state index contributed by atoms with van der Waals surface area (Å²) in [5, 5.41) is 3.28. The van der Waals surface area contributed by atoms with Crippen LogP contribution in [0.1, 0.15) is 32.2 Å². The molecule has 0 spiro atoms. The van der Waals surface area contributed by atoms with E-state index in [2.05, 4.69) is 29.1 Å². The Hall–Kier alpha value is -1.16. The predicted octanol–water partition coefficient (Wildman–Crippen LogP) is 2.32. The van der Waals surface area contributed by atoms with E-state index in [1.54, 1.807) is 6.20 Å². The van der Waals surface area contributed by atoms with Crippen LogP contribution in [0.4, 0.5) is 5.82 Å². The van der Waals surface area contributed by atoms with Crippen molar-refractivity contribution in [3.63, 3.8) is 0 Å². The molecule has 1 aromatic heterocycles. The third kappa shape index (κ3) is 3.77. The molecule has 0 atom stereocenters. The maximum absolute atomic E-state index is 5.61. The van der Waals surface area contributed by atoms with Crippen molar-refractivity contribution in [2.75, 3.05) is 18.5 Å². The second-order valence-electron chi connectivity index (χ2n) is 4.49. The predicted molar refractivity (Wildman–Crippen MR) is 65.7 cm³/mol. The molecule has 0 aliphatic carbocycles. The van der Waals surface area contributed by atoms with Gasteiger partial charge < -0.3 is 10.1 Å². The van der Waals surface area contributed by atoms with Crippen molar-refractivity contribution >= 4 is 5.82 Å². The van der Waals surface area contributed by atoms with E-state index in [0.717, 1.165) is 23.8 Å². The molecule has 0 fully saturated rings. The smallest absolute Gasteiger partial charge is 0.147 e. The summed E-state index contributed by atoms with van der Waals surface area (Å²) in [5.74, 6) is 0.841. The Kier molecular flexibility index (Phi) is 4.24. The molecular formula is C12H21N3O. The largest absolute Gasteiger partial charge is 0.374 e. The molecule has 1 rings (SSSR count). The number of aryl methyl sites for hydroxylation is 2. The summed E-state index contributed by atoms with van der Waals surface area (Å²) in [5.41, 5.74) is 1.65. The highest BCUT2D eigenvalue weighted by molar-refractivity contribution is 5.39. The number of rotatable bonds is 5. The number of hydrogen-bond donors (Lipinski definition) is 1. The molecule has 1 heterocycles. The van der Waals surface area contributed by atoms with Gasteiger partial charge in [-0.25, -0.2) is 4.98 Å². The fraction of sp³-hybridized carbons (Fsp3) is 0.667. The molecule has 1 aromatic rings. The highest BCUT2D eigenvalue weighted by Gasteiger charge is 2.17. The van der Waals surface area contributed by atoms with Crippen molar-refractivity contribution in [3.05, 3.63) is 17.6 Å². The van der Waals surface area contributed by atoms with Gasteiger partial charge in [0, 0.05) is 19.3 Å². The lowest BCUT2D eigenvalue weighted by atomic mass is 10.1. The molecule has 90 valence electrons. The molecule has 0 aliphatic rings. The Labute approximate surface area is 97.5 Å². The van der Waals surface area contributed by atoms with Gasteiger partial charge >= 0.3 is 0 Å². The van der Waals surface area contributed by atoms with Gasteiger partial charge in [0.2, 0.25) is 0 Å². The number of nitrogens with one attached hydrogen (secondary N) is 1. The van der Waals surface area contributed by atoms with Crippen molar-refractivity contribution < 1.29 is 4.74 Å². The summed E-state index contributed by atoms with van der Waals surface area (Å²) in [6.07, 6.45) is 1.77. The Morgan fingerprint density at radius 2 is 2.06 bits per heavy atom. The second kappa shape index (κ2) is 5.25. The average Bonchev–Trinajstić information content (AvgIpc) is 2.19. The number of ether oxygens (including phenoxy) is 1. The highest BCUT2D eigenvalue weighted by Crippen LogP contribution is 2.13. The van der Waals surface area contributed by atoms with Crippen molar-refractivity contribution in [1.29, 1.82) is 0 Å². The lowest BCUT2D eigenvalue weighted by Gasteiger charge is -2.25. The minimum Gasteiger partial charge on any atom is -0.374 e. The zero-order valence-corrected chi connectivity index (χ0v) is 10.8. The van der Waals surface area contributed by atoms with Crippen LogP contribution in [-0.4, -0.2) is 28.7 Å². The summed E-state index contributed by atoms with van der Waals surface area (Å²) in [6, 6.07) is 0. The molecular weight excluding hydrogens is 202 g/mol. The summed E-state index contributed by atoms with van der Waals surface area (Å²) in [4.78, 5) is 8.67. The molecule has 0 saturated heterocycles. The van der Waals surface area contributed by atoms with Gasteiger partial charge in [-0.15, -0.1) is 0 Å². The molecule has 0 aromatic carbocycles. The van der Waals surface area contributed by atoms with E-state index in [1.165, 1.54) is 0 Å². The molecule has 16 heavy (non-hydrogen) atoms. The lowest BCUT2D eigenvalue weighted by Crippen LogP contribution is -2.33. The van der Waals surface area contributed by atoms with Crippen LogP contribution in [0.15, 0.2) is 6.20 Å². The van der Waals surface area contributed by atoms with Crippen LogP contribution in [0.3, 0.4) is 0 Å². The van der Waals surface area contributed by atoms with Gasteiger partial charge in [0.25, 0.3) is 0 Å². The lowest BCUT2D eigenvalue weighted by molar-refractivity contribution is 0.000630. The molecule has 0 unspecified atom stereocenters. The van der Waals surface area contributed by atoms with Crippen LogP contribution in [-0.2, 0) is 4.74 Å². The molecule has 0 aliphatic heterocycles. The van der Waals surface area contributed by atoms with Gasteiger partial charge in [-0.2, -0.15) is 0 Å². The first-order valence-electron chi connectivity index (χ1n) is 5.62. The Bertz CT molecular complexity index is 350. The molecule has 0 radical (unpaired) electrons. The maximum Gasteiger partial charge on any atom is 0.147 e. The summed E-state index contributed by atoms with van der Waals surface area (Å²) in [7, 11) is 0. The van der Waals surface area contributed by atoms with Gasteiger partial charge in [0.15, 0.2) is 0 Å². The summed E-state index contributed by atoms with van der Waals surface area (Å²) < 4.78 is 5.61. The maximum atomic E-state index is 5.61. The molecule has 4 heteroatoms. The van der Waals surface area contributed by atoms with Gasteiger partial charge in [0.1, 0.15) is 5.82 Å². The average molecular weight is 223 g/mol. The van der Waals surface area contributed by atoms with E-state index in [0.29, 0.717) is 6.61 Å². The second-order valence-corrected chi connectivity index (χ2v) is 4.49. The first-order valence-corrected chi connectivity index (χ1v) is 5.62. The number of anilines is 1. The third-order valence-electron chi connectivity index (χ3n) is 2.29. The number of aromatic nitrogens is 2. The van der Waals surface area contributed by atoms with E-state index in [9.17, 15) is 0 Å².